The van der Waals surface area contributed by atoms with Crippen molar-refractivity contribution in [1.29, 1.82) is 0 Å². The molecule has 110 valence electrons. The molecule has 1 atom stereocenters. The summed E-state index contributed by atoms with van der Waals surface area (Å²) in [5.74, 6) is 0.346. The number of esters is 1. The lowest BCUT2D eigenvalue weighted by Crippen LogP contribution is -2.24. The maximum absolute atomic E-state index is 11.5. The lowest BCUT2D eigenvalue weighted by molar-refractivity contribution is -0.176. The van der Waals surface area contributed by atoms with E-state index in [1.807, 2.05) is 37.3 Å². The van der Waals surface area contributed by atoms with Crippen LogP contribution in [0.3, 0.4) is 0 Å². The van der Waals surface area contributed by atoms with Crippen molar-refractivity contribution in [3.8, 4) is 5.75 Å². The molecule has 0 bridgehead atoms. The van der Waals surface area contributed by atoms with Gasteiger partial charge in [0.05, 0.1) is 13.2 Å². The Morgan fingerprint density at radius 2 is 1.95 bits per heavy atom. The Hall–Kier alpha value is -1.81. The van der Waals surface area contributed by atoms with E-state index in [0.29, 0.717) is 25.2 Å². The van der Waals surface area contributed by atoms with Crippen molar-refractivity contribution < 1.29 is 19.0 Å². The molecule has 0 aromatic heterocycles. The quantitative estimate of drug-likeness (QED) is 0.395. The smallest absolute Gasteiger partial charge is 0.335 e. The molecule has 1 rings (SSSR count). The molecule has 0 aliphatic heterocycles. The highest BCUT2D eigenvalue weighted by molar-refractivity contribution is 5.86. The minimum absolute atomic E-state index is 0.360. The largest absolute Gasteiger partial charge is 0.493 e. The van der Waals surface area contributed by atoms with Crippen molar-refractivity contribution in [3.05, 3.63) is 42.5 Å². The molecule has 4 nitrogen and oxygen atoms in total. The Morgan fingerprint density at radius 1 is 1.25 bits per heavy atom. The molecule has 0 saturated carbocycles. The normalized spacial score (nSPS) is 11.7. The van der Waals surface area contributed by atoms with Crippen LogP contribution < -0.4 is 4.74 Å². The van der Waals surface area contributed by atoms with Crippen molar-refractivity contribution in [1.82, 2.24) is 0 Å². The first-order chi connectivity index (χ1) is 9.63. The summed E-state index contributed by atoms with van der Waals surface area (Å²) in [6.07, 6.45) is 0.747. The number of para-hydroxylation sites is 1. The van der Waals surface area contributed by atoms with Gasteiger partial charge in [-0.1, -0.05) is 31.7 Å². The van der Waals surface area contributed by atoms with Crippen molar-refractivity contribution in [3.63, 3.8) is 0 Å². The zero-order chi connectivity index (χ0) is 14.8. The fourth-order valence-electron chi connectivity index (χ4n) is 1.44. The van der Waals surface area contributed by atoms with Gasteiger partial charge in [-0.3, -0.25) is 0 Å². The number of rotatable bonds is 9. The van der Waals surface area contributed by atoms with Gasteiger partial charge in [-0.2, -0.15) is 0 Å². The maximum Gasteiger partial charge on any atom is 0.335 e. The van der Waals surface area contributed by atoms with Crippen LogP contribution in [-0.4, -0.2) is 25.5 Å². The van der Waals surface area contributed by atoms with Gasteiger partial charge >= 0.3 is 5.97 Å². The molecule has 0 radical (unpaired) electrons. The van der Waals surface area contributed by atoms with Gasteiger partial charge in [-0.25, -0.2) is 4.79 Å². The van der Waals surface area contributed by atoms with Crippen LogP contribution in [0, 0.1) is 0 Å². The first kappa shape index (κ1) is 16.2. The van der Waals surface area contributed by atoms with E-state index in [0.717, 1.165) is 12.2 Å². The second kappa shape index (κ2) is 9.15. The molecule has 4 heteroatoms. The minimum Gasteiger partial charge on any atom is -0.493 e. The Morgan fingerprint density at radius 3 is 2.55 bits per heavy atom. The number of carbonyl (C=O) groups is 1. The van der Waals surface area contributed by atoms with Crippen LogP contribution in [-0.2, 0) is 14.3 Å². The van der Waals surface area contributed by atoms with Gasteiger partial charge in [0.15, 0.2) is 0 Å². The van der Waals surface area contributed by atoms with Crippen LogP contribution in [0.25, 0.3) is 0 Å². The van der Waals surface area contributed by atoms with Crippen LogP contribution in [0.4, 0.5) is 0 Å². The zero-order valence-corrected chi connectivity index (χ0v) is 12.1. The Kier molecular flexibility index (Phi) is 7.43. The van der Waals surface area contributed by atoms with Crippen LogP contribution >= 0.6 is 0 Å². The summed E-state index contributed by atoms with van der Waals surface area (Å²) in [4.78, 5) is 11.5. The number of hydrogen-bond donors (Lipinski definition) is 0. The van der Waals surface area contributed by atoms with Crippen molar-refractivity contribution >= 4 is 5.97 Å². The average Bonchev–Trinajstić information content (AvgIpc) is 2.45. The zero-order valence-electron chi connectivity index (χ0n) is 12.1. The molecule has 0 aliphatic carbocycles. The minimum atomic E-state index is -0.595. The van der Waals surface area contributed by atoms with E-state index in [1.54, 1.807) is 6.92 Å². The predicted octanol–water partition coefficient (Wildman–Crippen LogP) is 3.33. The van der Waals surface area contributed by atoms with Gasteiger partial charge in [0.25, 0.3) is 0 Å². The number of carbonyl (C=O) groups excluding carboxylic acids is 1. The Bertz CT molecular complexity index is 414. The first-order valence-electron chi connectivity index (χ1n) is 6.79. The van der Waals surface area contributed by atoms with E-state index >= 15 is 0 Å². The van der Waals surface area contributed by atoms with Crippen molar-refractivity contribution in [2.24, 2.45) is 0 Å². The molecule has 0 heterocycles. The predicted molar refractivity (Wildman–Crippen MR) is 77.5 cm³/mol. The third-order valence-electron chi connectivity index (χ3n) is 2.46. The highest BCUT2D eigenvalue weighted by Crippen LogP contribution is 2.11. The number of ether oxygens (including phenoxy) is 3. The second-order valence-electron chi connectivity index (χ2n) is 4.44. The van der Waals surface area contributed by atoms with Gasteiger partial charge in [0, 0.05) is 12.0 Å². The van der Waals surface area contributed by atoms with Crippen LogP contribution in [0.15, 0.2) is 42.5 Å². The molecule has 0 saturated heterocycles. The van der Waals surface area contributed by atoms with Crippen LogP contribution in [0.1, 0.15) is 26.7 Å². The fraction of sp³-hybridized carbons (Fsp3) is 0.438. The van der Waals surface area contributed by atoms with Crippen molar-refractivity contribution in [2.45, 2.75) is 33.0 Å². The number of benzene rings is 1. The third-order valence-corrected chi connectivity index (χ3v) is 2.46. The van der Waals surface area contributed by atoms with E-state index in [2.05, 4.69) is 6.58 Å². The average molecular weight is 278 g/mol. The molecule has 0 amide bonds. The standard InChI is InChI=1S/C16H22O4/c1-4-11-19-15(20-16(17)13(2)3)10-12-18-14-8-6-5-7-9-14/h5-9,15H,2,4,10-12H2,1,3H3. The van der Waals surface area contributed by atoms with E-state index in [1.165, 1.54) is 0 Å². The van der Waals surface area contributed by atoms with E-state index in [9.17, 15) is 4.79 Å². The van der Waals surface area contributed by atoms with Crippen molar-refractivity contribution in [2.75, 3.05) is 13.2 Å². The second-order valence-corrected chi connectivity index (χ2v) is 4.44. The van der Waals surface area contributed by atoms with Gasteiger partial charge in [-0.05, 0) is 25.5 Å². The summed E-state index contributed by atoms with van der Waals surface area (Å²) < 4.78 is 16.3. The molecule has 1 unspecified atom stereocenters. The first-order valence-corrected chi connectivity index (χ1v) is 6.79. The van der Waals surface area contributed by atoms with Gasteiger partial charge in [0.1, 0.15) is 5.75 Å². The molecule has 20 heavy (non-hydrogen) atoms. The molecule has 1 aromatic rings. The van der Waals surface area contributed by atoms with Gasteiger partial charge in [0.2, 0.25) is 6.29 Å². The third kappa shape index (κ3) is 6.38. The summed E-state index contributed by atoms with van der Waals surface area (Å²) in [6, 6.07) is 9.49. The Balaban J connectivity index is 2.39. The fourth-order valence-corrected chi connectivity index (χ4v) is 1.44. The maximum atomic E-state index is 11.5. The lowest BCUT2D eigenvalue weighted by atomic mass is 10.3. The molecular formula is C16H22O4. The molecule has 1 aromatic carbocycles. The molecular weight excluding hydrogens is 256 g/mol. The molecule has 0 fully saturated rings. The number of hydrogen-bond acceptors (Lipinski definition) is 4. The van der Waals surface area contributed by atoms with E-state index in [4.69, 9.17) is 14.2 Å². The Labute approximate surface area is 120 Å². The van der Waals surface area contributed by atoms with Crippen LogP contribution in [0.2, 0.25) is 0 Å². The monoisotopic (exact) mass is 278 g/mol. The molecule has 0 N–H and O–H groups in total. The van der Waals surface area contributed by atoms with Crippen LogP contribution in [0.5, 0.6) is 5.75 Å². The summed E-state index contributed by atoms with van der Waals surface area (Å²) >= 11 is 0. The molecule has 0 spiro atoms. The summed E-state index contributed by atoms with van der Waals surface area (Å²) in [7, 11) is 0. The summed E-state index contributed by atoms with van der Waals surface area (Å²) in [6.45, 7) is 8.12. The highest BCUT2D eigenvalue weighted by atomic mass is 16.7. The van der Waals surface area contributed by atoms with Gasteiger partial charge in [-0.15, -0.1) is 0 Å². The van der Waals surface area contributed by atoms with Gasteiger partial charge < -0.3 is 14.2 Å². The molecule has 0 aliphatic rings. The van der Waals surface area contributed by atoms with E-state index in [-0.39, 0.29) is 0 Å². The highest BCUT2D eigenvalue weighted by Gasteiger charge is 2.15. The SMILES string of the molecule is C=C(C)C(=O)OC(CCOc1ccccc1)OCCC. The topological polar surface area (TPSA) is 44.8 Å². The summed E-state index contributed by atoms with van der Waals surface area (Å²) in [5.41, 5.74) is 0.360. The summed E-state index contributed by atoms with van der Waals surface area (Å²) in [5, 5.41) is 0. The lowest BCUT2D eigenvalue weighted by Gasteiger charge is -2.18. The van der Waals surface area contributed by atoms with E-state index < -0.39 is 12.3 Å².